The van der Waals surface area contributed by atoms with Gasteiger partial charge in [-0.1, -0.05) is 30.1 Å². The summed E-state index contributed by atoms with van der Waals surface area (Å²) in [5.41, 5.74) is 0.356. The van der Waals surface area contributed by atoms with Gasteiger partial charge in [-0.2, -0.15) is 4.31 Å². The maximum absolute atomic E-state index is 12.7. The molecular formula is C13H17Cl2NO3S. The summed E-state index contributed by atoms with van der Waals surface area (Å²) in [6, 6.07) is 2.67. The molecule has 0 aromatic heterocycles. The Morgan fingerprint density at radius 2 is 1.95 bits per heavy atom. The van der Waals surface area contributed by atoms with Crippen molar-refractivity contribution >= 4 is 33.2 Å². The van der Waals surface area contributed by atoms with Crippen LogP contribution in [0.2, 0.25) is 10.0 Å². The average molecular weight is 338 g/mol. The Balaban J connectivity index is 2.49. The molecule has 2 unspecified atom stereocenters. The van der Waals surface area contributed by atoms with E-state index in [1.165, 1.54) is 16.4 Å². The van der Waals surface area contributed by atoms with E-state index in [4.69, 9.17) is 23.2 Å². The summed E-state index contributed by atoms with van der Waals surface area (Å²) >= 11 is 11.9. The molecule has 0 bridgehead atoms. The van der Waals surface area contributed by atoms with E-state index in [1.54, 1.807) is 0 Å². The molecule has 0 spiro atoms. The van der Waals surface area contributed by atoms with Crippen molar-refractivity contribution in [2.45, 2.75) is 37.8 Å². The fourth-order valence-electron chi connectivity index (χ4n) is 2.61. The molecule has 1 saturated heterocycles. The van der Waals surface area contributed by atoms with E-state index >= 15 is 0 Å². The fraction of sp³-hybridized carbons (Fsp3) is 0.538. The molecule has 20 heavy (non-hydrogen) atoms. The Hall–Kier alpha value is -0.330. The van der Waals surface area contributed by atoms with Crippen molar-refractivity contribution < 1.29 is 13.5 Å². The molecule has 1 aromatic carbocycles. The molecule has 0 aliphatic carbocycles. The lowest BCUT2D eigenvalue weighted by atomic mass is 10.1. The molecule has 4 nitrogen and oxygen atoms in total. The van der Waals surface area contributed by atoms with E-state index in [2.05, 4.69) is 0 Å². The van der Waals surface area contributed by atoms with Gasteiger partial charge in [0.2, 0.25) is 10.0 Å². The van der Waals surface area contributed by atoms with Gasteiger partial charge in [-0.3, -0.25) is 0 Å². The van der Waals surface area contributed by atoms with Crippen molar-refractivity contribution in [3.05, 3.63) is 27.7 Å². The third-order valence-electron chi connectivity index (χ3n) is 3.58. The van der Waals surface area contributed by atoms with Crippen LogP contribution in [-0.4, -0.2) is 30.4 Å². The summed E-state index contributed by atoms with van der Waals surface area (Å²) in [6.45, 7) is 4.06. The molecule has 1 aromatic rings. The number of benzene rings is 1. The van der Waals surface area contributed by atoms with Gasteiger partial charge in [0.1, 0.15) is 4.90 Å². The molecule has 0 radical (unpaired) electrons. The number of nitrogens with zero attached hydrogens (tertiary/aromatic N) is 1. The van der Waals surface area contributed by atoms with Crippen LogP contribution in [0.3, 0.4) is 0 Å². The fourth-order valence-corrected chi connectivity index (χ4v) is 5.21. The minimum Gasteiger partial charge on any atom is -0.392 e. The highest BCUT2D eigenvalue weighted by molar-refractivity contribution is 7.89. The van der Waals surface area contributed by atoms with Crippen LogP contribution in [0.1, 0.15) is 25.8 Å². The van der Waals surface area contributed by atoms with E-state index in [1.807, 2.05) is 13.8 Å². The Morgan fingerprint density at radius 3 is 2.45 bits per heavy atom. The normalized spacial score (nSPS) is 24.2. The van der Waals surface area contributed by atoms with Crippen LogP contribution in [0.25, 0.3) is 0 Å². The van der Waals surface area contributed by atoms with Gasteiger partial charge in [0.05, 0.1) is 11.6 Å². The van der Waals surface area contributed by atoms with E-state index in [9.17, 15) is 13.5 Å². The van der Waals surface area contributed by atoms with Gasteiger partial charge in [0.15, 0.2) is 0 Å². The molecule has 7 heteroatoms. The van der Waals surface area contributed by atoms with Gasteiger partial charge in [0, 0.05) is 17.6 Å². The predicted octanol–water partition coefficient (Wildman–Crippen LogP) is 2.90. The number of rotatable bonds is 3. The number of aliphatic hydroxyl groups is 1. The van der Waals surface area contributed by atoms with Crippen LogP contribution >= 0.6 is 23.2 Å². The zero-order chi connectivity index (χ0) is 15.1. The number of halogens is 2. The monoisotopic (exact) mass is 337 g/mol. The van der Waals surface area contributed by atoms with Crippen LogP contribution in [0.15, 0.2) is 17.0 Å². The topological polar surface area (TPSA) is 57.6 Å². The first-order chi connectivity index (χ1) is 9.27. The van der Waals surface area contributed by atoms with Gasteiger partial charge in [-0.25, -0.2) is 8.42 Å². The summed E-state index contributed by atoms with van der Waals surface area (Å²) in [7, 11) is -3.67. The third kappa shape index (κ3) is 2.83. The average Bonchev–Trinajstić information content (AvgIpc) is 2.69. The van der Waals surface area contributed by atoms with E-state index < -0.39 is 10.0 Å². The first-order valence-corrected chi connectivity index (χ1v) is 8.57. The van der Waals surface area contributed by atoms with Gasteiger partial charge in [-0.05, 0) is 37.0 Å². The molecule has 112 valence electrons. The van der Waals surface area contributed by atoms with Crippen molar-refractivity contribution in [2.75, 3.05) is 6.54 Å². The summed E-state index contributed by atoms with van der Waals surface area (Å²) in [6.07, 6.45) is 0.831. The first kappa shape index (κ1) is 16.0. The second-order valence-corrected chi connectivity index (χ2v) is 7.97. The van der Waals surface area contributed by atoms with Crippen LogP contribution in [0.5, 0.6) is 0 Å². The van der Waals surface area contributed by atoms with Crippen LogP contribution < -0.4 is 0 Å². The molecule has 1 fully saturated rings. The molecule has 1 aliphatic rings. The second kappa shape index (κ2) is 5.81. The molecule has 2 atom stereocenters. The Labute approximate surface area is 129 Å². The Kier molecular flexibility index (Phi) is 4.66. The third-order valence-corrected chi connectivity index (χ3v) is 6.38. The summed E-state index contributed by atoms with van der Waals surface area (Å²) in [5, 5.41) is 9.57. The lowest BCUT2D eigenvalue weighted by Crippen LogP contribution is -2.34. The highest BCUT2D eigenvalue weighted by Crippen LogP contribution is 2.34. The Morgan fingerprint density at radius 1 is 1.30 bits per heavy atom. The van der Waals surface area contributed by atoms with Gasteiger partial charge in [-0.15, -0.1) is 0 Å². The zero-order valence-electron chi connectivity index (χ0n) is 11.3. The minimum absolute atomic E-state index is 0.00793. The maximum Gasteiger partial charge on any atom is 0.244 e. The quantitative estimate of drug-likeness (QED) is 0.922. The molecule has 0 amide bonds. The summed E-state index contributed by atoms with van der Waals surface area (Å²) in [5.74, 6) is 0.322. The number of hydrogen-bond acceptors (Lipinski definition) is 3. The van der Waals surface area contributed by atoms with Crippen molar-refractivity contribution in [1.82, 2.24) is 4.31 Å². The van der Waals surface area contributed by atoms with E-state index in [0.717, 1.165) is 6.42 Å². The standard InChI is InChI=1S/C13H17Cl2NO3S/c1-8-3-9(2)16(6-8)20(18,19)13-4-10(7-17)11(14)5-12(13)15/h4-5,8-9,17H,3,6-7H2,1-2H3. The smallest absolute Gasteiger partial charge is 0.244 e. The molecule has 0 saturated carbocycles. The molecular weight excluding hydrogens is 321 g/mol. The molecule has 1 aliphatic heterocycles. The highest BCUT2D eigenvalue weighted by Gasteiger charge is 2.37. The lowest BCUT2D eigenvalue weighted by Gasteiger charge is -2.22. The van der Waals surface area contributed by atoms with Gasteiger partial charge < -0.3 is 5.11 Å². The van der Waals surface area contributed by atoms with E-state index in [0.29, 0.717) is 18.0 Å². The van der Waals surface area contributed by atoms with Crippen LogP contribution in [-0.2, 0) is 16.6 Å². The summed E-state index contributed by atoms with van der Waals surface area (Å²) < 4.78 is 26.9. The predicted molar refractivity (Wildman–Crippen MR) is 79.5 cm³/mol. The SMILES string of the molecule is CC1CC(C)N(S(=O)(=O)c2cc(CO)c(Cl)cc2Cl)C1. The van der Waals surface area contributed by atoms with Gasteiger partial charge in [0.25, 0.3) is 0 Å². The van der Waals surface area contributed by atoms with Crippen LogP contribution in [0.4, 0.5) is 0 Å². The second-order valence-electron chi connectivity index (χ2n) is 5.30. The molecule has 2 rings (SSSR count). The first-order valence-electron chi connectivity index (χ1n) is 6.38. The minimum atomic E-state index is -3.67. The summed E-state index contributed by atoms with van der Waals surface area (Å²) in [4.78, 5) is 0.00793. The number of sulfonamides is 1. The largest absolute Gasteiger partial charge is 0.392 e. The Bertz CT molecular complexity index is 618. The molecule has 1 N–H and O–H groups in total. The number of aliphatic hydroxyl groups excluding tert-OH is 1. The van der Waals surface area contributed by atoms with Crippen molar-refractivity contribution in [3.63, 3.8) is 0 Å². The number of hydrogen-bond donors (Lipinski definition) is 1. The van der Waals surface area contributed by atoms with E-state index in [-0.39, 0.29) is 27.6 Å². The van der Waals surface area contributed by atoms with Crippen LogP contribution in [0, 0.1) is 5.92 Å². The lowest BCUT2D eigenvalue weighted by molar-refractivity contribution is 0.281. The van der Waals surface area contributed by atoms with Crippen molar-refractivity contribution in [2.24, 2.45) is 5.92 Å². The van der Waals surface area contributed by atoms with Crippen molar-refractivity contribution in [3.8, 4) is 0 Å². The zero-order valence-corrected chi connectivity index (χ0v) is 13.6. The highest BCUT2D eigenvalue weighted by atomic mass is 35.5. The molecule has 1 heterocycles. The van der Waals surface area contributed by atoms with Crippen molar-refractivity contribution in [1.29, 1.82) is 0 Å². The van der Waals surface area contributed by atoms with Gasteiger partial charge >= 0.3 is 0 Å². The maximum atomic E-state index is 12.7.